The highest BCUT2D eigenvalue weighted by Gasteiger charge is 2.46. The molecule has 1 unspecified atom stereocenters. The molecule has 3 saturated heterocycles. The summed E-state index contributed by atoms with van der Waals surface area (Å²) >= 11 is 0. The third-order valence-corrected chi connectivity index (χ3v) is 12.7. The fourth-order valence-electron chi connectivity index (χ4n) is 9.47. The molecule has 0 radical (unpaired) electrons. The van der Waals surface area contributed by atoms with Crippen molar-refractivity contribution in [3.63, 3.8) is 0 Å². The number of carbonyl (C=O) groups excluding carboxylic acids is 5. The van der Waals surface area contributed by atoms with E-state index in [0.29, 0.717) is 35.6 Å². The Morgan fingerprint density at radius 2 is 1.64 bits per heavy atom. The van der Waals surface area contributed by atoms with Crippen LogP contribution in [0.15, 0.2) is 42.7 Å². The Morgan fingerprint density at radius 1 is 0.881 bits per heavy atom. The number of aromatic nitrogens is 4. The SMILES string of the molecule is CN(C)C(=O)c1cc2cnc(Nc3ccc(N4CCN(C5CCN(Cc6ccc7c(c6F)C(=O)N(C6CCC(=O)NC6=O)C7=O)CC5)CC4)cn3)nc2n1C1CCCC1. The van der Waals surface area contributed by atoms with Gasteiger partial charge in [0, 0.05) is 82.5 Å². The lowest BCUT2D eigenvalue weighted by Crippen LogP contribution is -2.54. The van der Waals surface area contributed by atoms with Gasteiger partial charge in [0.05, 0.1) is 23.0 Å². The van der Waals surface area contributed by atoms with Gasteiger partial charge in [0.1, 0.15) is 29.0 Å². The third-order valence-electron chi connectivity index (χ3n) is 12.7. The highest BCUT2D eigenvalue weighted by atomic mass is 19.1. The van der Waals surface area contributed by atoms with Crippen LogP contribution in [0.1, 0.15) is 94.2 Å². The molecule has 3 aromatic heterocycles. The number of fused-ring (bicyclic) bond motifs is 2. The number of nitrogens with zero attached hydrogens (tertiary/aromatic N) is 9. The van der Waals surface area contributed by atoms with E-state index in [1.54, 1.807) is 31.3 Å². The first kappa shape index (κ1) is 38.7. The average Bonchev–Trinajstić information content (AvgIpc) is 3.96. The van der Waals surface area contributed by atoms with Crippen LogP contribution in [-0.2, 0) is 16.1 Å². The quantitative estimate of drug-likeness (QED) is 0.236. The number of rotatable bonds is 9. The standard InChI is InChI=1S/C42H48FN11O5/c1-49(2)40(58)32-21-26-22-45-42(48-37(26)53(32)28-5-3-4-6-28)46-33-11-8-29(23-44-33)52-19-17-51(18-20-52)27-13-15-50(16-14-27)24-25-7-9-30-35(36(25)43)41(59)54(39(30)57)31-10-12-34(55)47-38(31)56/h7-9,11,21-23,27-28,31H,3-6,10,12-20,24H2,1-2H3,(H,47,55,56)(H,44,45,46,48). The van der Waals surface area contributed by atoms with Gasteiger partial charge < -0.3 is 19.7 Å². The average molecular weight is 806 g/mol. The first-order valence-electron chi connectivity index (χ1n) is 20.6. The largest absolute Gasteiger partial charge is 0.368 e. The van der Waals surface area contributed by atoms with Crippen molar-refractivity contribution in [3.8, 4) is 0 Å². The fourth-order valence-corrected chi connectivity index (χ4v) is 9.47. The molecule has 16 nitrogen and oxygen atoms in total. The molecular formula is C42H48FN11O5. The Labute approximate surface area is 340 Å². The van der Waals surface area contributed by atoms with Crippen LogP contribution in [0.4, 0.5) is 21.8 Å². The maximum absolute atomic E-state index is 15.9. The lowest BCUT2D eigenvalue weighted by Gasteiger charge is -2.43. The molecule has 1 saturated carbocycles. The summed E-state index contributed by atoms with van der Waals surface area (Å²) in [6.07, 6.45) is 9.84. The Kier molecular flexibility index (Phi) is 10.3. The number of amides is 5. The number of hydrogen-bond acceptors (Lipinski definition) is 12. The van der Waals surface area contributed by atoms with Crippen molar-refractivity contribution in [3.05, 3.63) is 70.9 Å². The summed E-state index contributed by atoms with van der Waals surface area (Å²) < 4.78 is 18.0. The van der Waals surface area contributed by atoms with Gasteiger partial charge in [-0.25, -0.2) is 14.4 Å². The van der Waals surface area contributed by atoms with Crippen LogP contribution >= 0.6 is 0 Å². The van der Waals surface area contributed by atoms with Crippen LogP contribution in [0.3, 0.4) is 0 Å². The molecule has 308 valence electrons. The lowest BCUT2D eigenvalue weighted by atomic mass is 10.00. The second kappa shape index (κ2) is 15.7. The first-order valence-corrected chi connectivity index (χ1v) is 20.6. The van der Waals surface area contributed by atoms with Crippen molar-refractivity contribution < 1.29 is 28.4 Å². The van der Waals surface area contributed by atoms with Crippen molar-refractivity contribution in [2.24, 2.45) is 0 Å². The van der Waals surface area contributed by atoms with Crippen molar-refractivity contribution in [2.45, 2.75) is 76.0 Å². The lowest BCUT2D eigenvalue weighted by molar-refractivity contribution is -0.136. The molecule has 17 heteroatoms. The van der Waals surface area contributed by atoms with Crippen molar-refractivity contribution >= 4 is 58.0 Å². The molecule has 2 N–H and O–H groups in total. The normalized spacial score (nSPS) is 21.1. The van der Waals surface area contributed by atoms with E-state index < -0.39 is 35.5 Å². The van der Waals surface area contributed by atoms with Gasteiger partial charge in [-0.1, -0.05) is 18.9 Å². The molecular weight excluding hydrogens is 758 g/mol. The summed E-state index contributed by atoms with van der Waals surface area (Å²) in [6.45, 7) is 5.41. The van der Waals surface area contributed by atoms with Crippen LogP contribution in [0.25, 0.3) is 11.0 Å². The van der Waals surface area contributed by atoms with Gasteiger partial charge in [0.25, 0.3) is 17.7 Å². The van der Waals surface area contributed by atoms with Gasteiger partial charge in [-0.05, 0) is 69.5 Å². The van der Waals surface area contributed by atoms with Crippen molar-refractivity contribution in [1.82, 2.24) is 44.4 Å². The number of nitrogens with one attached hydrogen (secondary N) is 2. The van der Waals surface area contributed by atoms with Crippen LogP contribution < -0.4 is 15.5 Å². The number of likely N-dealkylation sites (tertiary alicyclic amines) is 1. The maximum Gasteiger partial charge on any atom is 0.270 e. The topological polar surface area (TPSA) is 169 Å². The molecule has 5 aliphatic rings. The minimum atomic E-state index is -1.13. The number of benzene rings is 1. The molecule has 0 spiro atoms. The van der Waals surface area contributed by atoms with Gasteiger partial charge in [-0.2, -0.15) is 4.98 Å². The molecule has 1 aromatic carbocycles. The molecule has 9 rings (SSSR count). The second-order valence-corrected chi connectivity index (χ2v) is 16.5. The zero-order chi connectivity index (χ0) is 40.9. The van der Waals surface area contributed by atoms with Crippen LogP contribution in [0, 0.1) is 5.82 Å². The molecule has 4 fully saturated rings. The molecule has 7 heterocycles. The summed E-state index contributed by atoms with van der Waals surface area (Å²) in [5, 5.41) is 6.27. The predicted molar refractivity (Wildman–Crippen MR) is 216 cm³/mol. The third kappa shape index (κ3) is 7.30. The second-order valence-electron chi connectivity index (χ2n) is 16.5. The minimum absolute atomic E-state index is 0.00349. The van der Waals surface area contributed by atoms with Crippen LogP contribution in [0.5, 0.6) is 0 Å². The predicted octanol–water partition coefficient (Wildman–Crippen LogP) is 3.71. The number of piperidine rings is 2. The van der Waals surface area contributed by atoms with E-state index >= 15 is 4.39 Å². The van der Waals surface area contributed by atoms with E-state index in [2.05, 4.69) is 45.9 Å². The zero-order valence-corrected chi connectivity index (χ0v) is 33.3. The molecule has 0 bridgehead atoms. The number of anilines is 3. The molecule has 4 aromatic rings. The van der Waals surface area contributed by atoms with E-state index in [1.807, 2.05) is 18.3 Å². The molecule has 4 aliphatic heterocycles. The first-order chi connectivity index (χ1) is 28.5. The number of halogens is 1. The maximum atomic E-state index is 15.9. The Hall–Kier alpha value is -5.81. The number of piperazine rings is 1. The number of pyridine rings is 1. The monoisotopic (exact) mass is 805 g/mol. The van der Waals surface area contributed by atoms with Gasteiger partial charge >= 0.3 is 0 Å². The van der Waals surface area contributed by atoms with Gasteiger partial charge in [0.2, 0.25) is 17.8 Å². The smallest absolute Gasteiger partial charge is 0.270 e. The van der Waals surface area contributed by atoms with Gasteiger partial charge in [-0.15, -0.1) is 0 Å². The molecule has 1 aliphatic carbocycles. The van der Waals surface area contributed by atoms with Crippen molar-refractivity contribution in [1.29, 1.82) is 0 Å². The number of imide groups is 2. The minimum Gasteiger partial charge on any atom is -0.368 e. The highest BCUT2D eigenvalue weighted by Crippen LogP contribution is 2.36. The Bertz CT molecular complexity index is 2330. The molecule has 59 heavy (non-hydrogen) atoms. The Morgan fingerprint density at radius 3 is 2.34 bits per heavy atom. The molecule has 5 amide bonds. The van der Waals surface area contributed by atoms with E-state index in [-0.39, 0.29) is 35.9 Å². The zero-order valence-electron chi connectivity index (χ0n) is 33.3. The molecule has 1 atom stereocenters. The van der Waals surface area contributed by atoms with Gasteiger partial charge in [-0.3, -0.25) is 44.0 Å². The van der Waals surface area contributed by atoms with E-state index in [1.165, 1.54) is 6.07 Å². The number of carbonyl (C=O) groups is 5. The summed E-state index contributed by atoms with van der Waals surface area (Å²) in [6, 6.07) is 8.44. The van der Waals surface area contributed by atoms with Gasteiger partial charge in [0.15, 0.2) is 0 Å². The summed E-state index contributed by atoms with van der Waals surface area (Å²) in [5.41, 5.74) is 2.43. The number of hydrogen-bond donors (Lipinski definition) is 2. The van der Waals surface area contributed by atoms with E-state index in [4.69, 9.17) is 4.98 Å². The summed E-state index contributed by atoms with van der Waals surface area (Å²) in [5.74, 6) is -2.42. The highest BCUT2D eigenvalue weighted by molar-refractivity contribution is 6.23. The fraction of sp³-hybridized carbons (Fsp3) is 0.476. The van der Waals surface area contributed by atoms with E-state index in [9.17, 15) is 24.0 Å². The summed E-state index contributed by atoms with van der Waals surface area (Å²) in [4.78, 5) is 87.0. The van der Waals surface area contributed by atoms with Crippen LogP contribution in [-0.4, -0.2) is 134 Å². The van der Waals surface area contributed by atoms with Crippen LogP contribution in [0.2, 0.25) is 0 Å². The van der Waals surface area contributed by atoms with E-state index in [0.717, 1.165) is 99.4 Å². The van der Waals surface area contributed by atoms with Crippen molar-refractivity contribution in [2.75, 3.05) is 63.6 Å². The summed E-state index contributed by atoms with van der Waals surface area (Å²) in [7, 11) is 3.53. The Balaban J connectivity index is 0.773.